The number of aromatic nitrogens is 1. The standard InChI is InChI=1S/C26H31ClF2N6/c1-17-6-5-11-34(17)19(3)32-25(15-24(30)20-8-9-22(28)23(29)14-20)35-13-12-33(16-18(35)2)26-21(27)7-4-10-31-26/h4,7-10,14-15,17-18H,3,5-6,11-13,16,30H2,1-2H3/b24-15-,32-25+/t17?,18-/m0/s1. The van der Waals surface area contributed by atoms with Gasteiger partial charge in [-0.2, -0.15) is 0 Å². The van der Waals surface area contributed by atoms with Gasteiger partial charge in [-0.25, -0.2) is 18.8 Å². The predicted octanol–water partition coefficient (Wildman–Crippen LogP) is 4.88. The van der Waals surface area contributed by atoms with Gasteiger partial charge < -0.3 is 20.4 Å². The number of nitrogens with zero attached hydrogens (tertiary/aromatic N) is 5. The molecular weight excluding hydrogens is 470 g/mol. The highest BCUT2D eigenvalue weighted by Crippen LogP contribution is 2.27. The number of amidine groups is 1. The summed E-state index contributed by atoms with van der Waals surface area (Å²) in [5, 5.41) is 0.612. The second kappa shape index (κ2) is 10.6. The highest BCUT2D eigenvalue weighted by Gasteiger charge is 2.28. The van der Waals surface area contributed by atoms with Crippen LogP contribution in [-0.4, -0.2) is 58.9 Å². The topological polar surface area (TPSA) is 61.0 Å². The molecule has 2 aliphatic heterocycles. The number of halogens is 3. The Morgan fingerprint density at radius 1 is 1.14 bits per heavy atom. The van der Waals surface area contributed by atoms with Crippen molar-refractivity contribution in [3.63, 3.8) is 0 Å². The van der Waals surface area contributed by atoms with E-state index in [0.717, 1.165) is 37.3 Å². The van der Waals surface area contributed by atoms with E-state index in [4.69, 9.17) is 22.3 Å². The van der Waals surface area contributed by atoms with Gasteiger partial charge >= 0.3 is 0 Å². The van der Waals surface area contributed by atoms with Gasteiger partial charge in [-0.15, -0.1) is 0 Å². The van der Waals surface area contributed by atoms with E-state index >= 15 is 0 Å². The largest absolute Gasteiger partial charge is 0.398 e. The molecule has 35 heavy (non-hydrogen) atoms. The van der Waals surface area contributed by atoms with Crippen LogP contribution in [0, 0.1) is 11.6 Å². The maximum absolute atomic E-state index is 13.8. The third kappa shape index (κ3) is 5.59. The lowest BCUT2D eigenvalue weighted by Crippen LogP contribution is -2.54. The molecule has 4 rings (SSSR count). The average molecular weight is 501 g/mol. The average Bonchev–Trinajstić information content (AvgIpc) is 3.26. The Morgan fingerprint density at radius 2 is 1.94 bits per heavy atom. The van der Waals surface area contributed by atoms with Gasteiger partial charge in [-0.1, -0.05) is 18.2 Å². The number of hydrogen-bond donors (Lipinski definition) is 1. The molecule has 2 saturated heterocycles. The van der Waals surface area contributed by atoms with E-state index in [1.54, 1.807) is 12.3 Å². The number of likely N-dealkylation sites (tertiary alicyclic amines) is 1. The van der Waals surface area contributed by atoms with Gasteiger partial charge in [0.2, 0.25) is 0 Å². The lowest BCUT2D eigenvalue weighted by atomic mass is 10.1. The molecule has 2 fully saturated rings. The minimum absolute atomic E-state index is 0.0541. The molecule has 2 N–H and O–H groups in total. The normalized spacial score (nSPS) is 21.6. The van der Waals surface area contributed by atoms with Gasteiger partial charge in [-0.05, 0) is 57.0 Å². The van der Waals surface area contributed by atoms with Crippen molar-refractivity contribution in [1.82, 2.24) is 14.8 Å². The third-order valence-corrected chi connectivity index (χ3v) is 6.92. The van der Waals surface area contributed by atoms with Crippen molar-refractivity contribution >= 4 is 29.0 Å². The summed E-state index contributed by atoms with van der Waals surface area (Å²) in [6.07, 6.45) is 5.64. The van der Waals surface area contributed by atoms with Crippen molar-refractivity contribution in [1.29, 1.82) is 0 Å². The van der Waals surface area contributed by atoms with Crippen molar-refractivity contribution in [2.24, 2.45) is 10.7 Å². The summed E-state index contributed by atoms with van der Waals surface area (Å²) in [6, 6.07) is 7.70. The zero-order chi connectivity index (χ0) is 25.1. The van der Waals surface area contributed by atoms with Gasteiger partial charge in [0.05, 0.1) is 5.02 Å². The van der Waals surface area contributed by atoms with E-state index in [9.17, 15) is 8.78 Å². The van der Waals surface area contributed by atoms with Crippen molar-refractivity contribution in [2.75, 3.05) is 31.1 Å². The van der Waals surface area contributed by atoms with Gasteiger partial charge in [0.1, 0.15) is 17.5 Å². The van der Waals surface area contributed by atoms with Crippen LogP contribution in [0.4, 0.5) is 14.6 Å². The van der Waals surface area contributed by atoms with Crippen LogP contribution in [-0.2, 0) is 0 Å². The smallest absolute Gasteiger partial charge is 0.159 e. The predicted molar refractivity (Wildman–Crippen MR) is 138 cm³/mol. The molecule has 186 valence electrons. The Morgan fingerprint density at radius 3 is 2.60 bits per heavy atom. The molecule has 0 spiro atoms. The van der Waals surface area contributed by atoms with Gasteiger partial charge in [-0.3, -0.25) is 0 Å². The van der Waals surface area contributed by atoms with E-state index in [2.05, 4.69) is 40.1 Å². The Bertz CT molecular complexity index is 1150. The Hall–Kier alpha value is -3.13. The summed E-state index contributed by atoms with van der Waals surface area (Å²) in [5.74, 6) is 0.204. The summed E-state index contributed by atoms with van der Waals surface area (Å²) in [5.41, 5.74) is 7.04. The van der Waals surface area contributed by atoms with Crippen LogP contribution in [0.1, 0.15) is 32.3 Å². The van der Waals surface area contributed by atoms with E-state index in [0.29, 0.717) is 53.6 Å². The number of pyridine rings is 1. The zero-order valence-corrected chi connectivity index (χ0v) is 20.8. The fraction of sp³-hybridized carbons (Fsp3) is 0.385. The molecule has 2 aliphatic rings. The van der Waals surface area contributed by atoms with Crippen molar-refractivity contribution < 1.29 is 8.78 Å². The highest BCUT2D eigenvalue weighted by molar-refractivity contribution is 6.32. The number of anilines is 1. The molecular formula is C26H31ClF2N6. The zero-order valence-electron chi connectivity index (χ0n) is 20.1. The molecule has 2 aromatic rings. The molecule has 0 aliphatic carbocycles. The van der Waals surface area contributed by atoms with E-state index in [-0.39, 0.29) is 6.04 Å². The molecule has 0 bridgehead atoms. The molecule has 0 radical (unpaired) electrons. The third-order valence-electron chi connectivity index (χ3n) is 6.63. The lowest BCUT2D eigenvalue weighted by Gasteiger charge is -2.42. The summed E-state index contributed by atoms with van der Waals surface area (Å²) < 4.78 is 27.3. The number of benzene rings is 1. The molecule has 3 heterocycles. The molecule has 2 atom stereocenters. The van der Waals surface area contributed by atoms with Crippen molar-refractivity contribution in [2.45, 2.75) is 38.8 Å². The number of aliphatic imine (C=N–C) groups is 1. The lowest BCUT2D eigenvalue weighted by molar-refractivity contribution is 0.294. The van der Waals surface area contributed by atoms with Crippen LogP contribution in [0.2, 0.25) is 5.02 Å². The Labute approximate surface area is 210 Å². The highest BCUT2D eigenvalue weighted by atomic mass is 35.5. The Kier molecular flexibility index (Phi) is 7.60. The van der Waals surface area contributed by atoms with E-state index < -0.39 is 11.6 Å². The molecule has 0 amide bonds. The molecule has 9 heteroatoms. The van der Waals surface area contributed by atoms with Crippen molar-refractivity contribution in [3.8, 4) is 0 Å². The number of nitrogens with two attached hydrogens (primary N) is 1. The first-order valence-electron chi connectivity index (χ1n) is 11.8. The minimum Gasteiger partial charge on any atom is -0.398 e. The van der Waals surface area contributed by atoms with E-state index in [1.807, 2.05) is 12.1 Å². The van der Waals surface area contributed by atoms with Crippen molar-refractivity contribution in [3.05, 3.63) is 77.2 Å². The summed E-state index contributed by atoms with van der Waals surface area (Å²) in [6.45, 7) is 11.4. The first-order chi connectivity index (χ1) is 16.7. The van der Waals surface area contributed by atoms with Gasteiger partial charge in [0, 0.05) is 61.8 Å². The van der Waals surface area contributed by atoms with Crippen LogP contribution in [0.15, 0.2) is 60.0 Å². The van der Waals surface area contributed by atoms with Gasteiger partial charge in [0.15, 0.2) is 11.6 Å². The van der Waals surface area contributed by atoms with Crippen LogP contribution in [0.25, 0.3) is 5.70 Å². The molecule has 1 aromatic carbocycles. The number of rotatable bonds is 5. The molecule has 6 nitrogen and oxygen atoms in total. The SMILES string of the molecule is C=C(/N=C(\C=C(/N)c1ccc(F)c(F)c1)N1CCN(c2ncccc2Cl)C[C@@H]1C)N1CCCC1C. The van der Waals surface area contributed by atoms with Crippen LogP contribution < -0.4 is 10.6 Å². The number of hydrogen-bond acceptors (Lipinski definition) is 5. The summed E-state index contributed by atoms with van der Waals surface area (Å²) in [7, 11) is 0. The first kappa shape index (κ1) is 25.0. The molecule has 0 saturated carbocycles. The first-order valence-corrected chi connectivity index (χ1v) is 12.2. The monoisotopic (exact) mass is 500 g/mol. The van der Waals surface area contributed by atoms with Crippen LogP contribution in [0.3, 0.4) is 0 Å². The molecule has 1 unspecified atom stereocenters. The summed E-state index contributed by atoms with van der Waals surface area (Å²) >= 11 is 6.38. The second-order valence-corrected chi connectivity index (χ2v) is 9.50. The Balaban J connectivity index is 1.63. The fourth-order valence-corrected chi connectivity index (χ4v) is 4.93. The maximum atomic E-state index is 13.8. The van der Waals surface area contributed by atoms with Crippen LogP contribution >= 0.6 is 11.6 Å². The number of piperazine rings is 1. The fourth-order valence-electron chi connectivity index (χ4n) is 4.69. The molecule has 1 aromatic heterocycles. The van der Waals surface area contributed by atoms with Crippen LogP contribution in [0.5, 0.6) is 0 Å². The van der Waals surface area contributed by atoms with Gasteiger partial charge in [0.25, 0.3) is 0 Å². The summed E-state index contributed by atoms with van der Waals surface area (Å²) in [4.78, 5) is 15.8. The quantitative estimate of drug-likeness (QED) is 0.468. The maximum Gasteiger partial charge on any atom is 0.159 e. The van der Waals surface area contributed by atoms with E-state index in [1.165, 1.54) is 6.07 Å². The minimum atomic E-state index is -0.943. The second-order valence-electron chi connectivity index (χ2n) is 9.10.